The highest BCUT2D eigenvalue weighted by atomic mass is 79.9. The Bertz CT molecular complexity index is 705. The summed E-state index contributed by atoms with van der Waals surface area (Å²) in [6.07, 6.45) is 0. The van der Waals surface area contributed by atoms with Crippen LogP contribution in [0.1, 0.15) is 14.5 Å². The number of primary sulfonamides is 1. The molecule has 9 heteroatoms. The molecular formula is C10H9BrN2O3S3. The molecule has 0 spiro atoms. The zero-order valence-corrected chi connectivity index (χ0v) is 13.5. The lowest BCUT2D eigenvalue weighted by molar-refractivity contribution is 0.0954. The zero-order chi connectivity index (χ0) is 14.0. The molecule has 0 atom stereocenters. The predicted octanol–water partition coefficient (Wildman–Crippen LogP) is 2.15. The Balaban J connectivity index is 2.02. The molecule has 0 bridgehead atoms. The van der Waals surface area contributed by atoms with E-state index >= 15 is 0 Å². The Morgan fingerprint density at radius 3 is 2.63 bits per heavy atom. The van der Waals surface area contributed by atoms with Crippen LogP contribution in [0.2, 0.25) is 0 Å². The molecule has 102 valence electrons. The molecule has 3 N–H and O–H groups in total. The maximum Gasteiger partial charge on any atom is 0.262 e. The zero-order valence-electron chi connectivity index (χ0n) is 9.42. The Labute approximate surface area is 126 Å². The average molecular weight is 381 g/mol. The van der Waals surface area contributed by atoms with Gasteiger partial charge in [-0.15, -0.1) is 22.7 Å². The van der Waals surface area contributed by atoms with Gasteiger partial charge in [0.1, 0.15) is 9.09 Å². The van der Waals surface area contributed by atoms with Crippen LogP contribution in [0.5, 0.6) is 0 Å². The van der Waals surface area contributed by atoms with Gasteiger partial charge in [0.15, 0.2) is 0 Å². The van der Waals surface area contributed by atoms with Crippen LogP contribution in [-0.2, 0) is 16.6 Å². The molecule has 0 fully saturated rings. The van der Waals surface area contributed by atoms with E-state index < -0.39 is 10.0 Å². The second-order valence-electron chi connectivity index (χ2n) is 3.55. The molecule has 19 heavy (non-hydrogen) atoms. The average Bonchev–Trinajstić information content (AvgIpc) is 2.93. The summed E-state index contributed by atoms with van der Waals surface area (Å²) in [5.74, 6) is -0.201. The minimum atomic E-state index is -3.67. The first-order valence-corrected chi connectivity index (χ1v) is 9.04. The first-order valence-electron chi connectivity index (χ1n) is 5.00. The fourth-order valence-corrected chi connectivity index (χ4v) is 4.50. The van der Waals surface area contributed by atoms with Crippen LogP contribution in [0.4, 0.5) is 0 Å². The highest BCUT2D eigenvalue weighted by Gasteiger charge is 2.14. The number of sulfonamides is 1. The van der Waals surface area contributed by atoms with Crippen LogP contribution in [0.15, 0.2) is 32.3 Å². The van der Waals surface area contributed by atoms with Crippen molar-refractivity contribution in [2.75, 3.05) is 0 Å². The van der Waals surface area contributed by atoms with Gasteiger partial charge in [-0.05, 0) is 39.5 Å². The van der Waals surface area contributed by atoms with E-state index in [4.69, 9.17) is 5.14 Å². The van der Waals surface area contributed by atoms with Gasteiger partial charge in [0.05, 0.1) is 6.54 Å². The Morgan fingerprint density at radius 1 is 1.37 bits per heavy atom. The van der Waals surface area contributed by atoms with Gasteiger partial charge in [0, 0.05) is 9.35 Å². The topological polar surface area (TPSA) is 89.3 Å². The number of halogens is 1. The van der Waals surface area contributed by atoms with Crippen molar-refractivity contribution in [2.45, 2.75) is 10.8 Å². The van der Waals surface area contributed by atoms with Crippen molar-refractivity contribution in [1.82, 2.24) is 5.32 Å². The van der Waals surface area contributed by atoms with E-state index in [0.717, 1.165) is 20.7 Å². The van der Waals surface area contributed by atoms with Crippen LogP contribution in [0.3, 0.4) is 0 Å². The molecule has 0 aliphatic heterocycles. The van der Waals surface area contributed by atoms with Gasteiger partial charge < -0.3 is 5.32 Å². The molecule has 0 radical (unpaired) electrons. The lowest BCUT2D eigenvalue weighted by Gasteiger charge is -2.01. The minimum absolute atomic E-state index is 0.0917. The number of carbonyl (C=O) groups is 1. The molecule has 2 heterocycles. The highest BCUT2D eigenvalue weighted by molar-refractivity contribution is 9.10. The van der Waals surface area contributed by atoms with Crippen LogP contribution in [0, 0.1) is 0 Å². The third-order valence-corrected chi connectivity index (χ3v) is 6.52. The molecule has 2 aromatic heterocycles. The van der Waals surface area contributed by atoms with Crippen molar-refractivity contribution < 1.29 is 13.2 Å². The molecule has 2 aromatic rings. The van der Waals surface area contributed by atoms with Crippen LogP contribution in [0.25, 0.3) is 0 Å². The normalized spacial score (nSPS) is 11.5. The number of amides is 1. The van der Waals surface area contributed by atoms with Gasteiger partial charge in [-0.3, -0.25) is 4.79 Å². The summed E-state index contributed by atoms with van der Waals surface area (Å²) in [7, 11) is -3.67. The Kier molecular flexibility index (Phi) is 4.41. The van der Waals surface area contributed by atoms with Crippen molar-refractivity contribution in [3.05, 3.63) is 37.8 Å². The largest absolute Gasteiger partial charge is 0.346 e. The number of nitrogens with two attached hydrogens (primary N) is 1. The van der Waals surface area contributed by atoms with Crippen molar-refractivity contribution >= 4 is 54.5 Å². The van der Waals surface area contributed by atoms with E-state index in [1.165, 1.54) is 17.4 Å². The van der Waals surface area contributed by atoms with Crippen LogP contribution < -0.4 is 10.5 Å². The lowest BCUT2D eigenvalue weighted by Crippen LogP contribution is -2.21. The number of thiophene rings is 2. The van der Waals surface area contributed by atoms with Gasteiger partial charge in [-0.1, -0.05) is 0 Å². The minimum Gasteiger partial charge on any atom is -0.346 e. The number of carbonyl (C=O) groups excluding carboxylic acids is 1. The van der Waals surface area contributed by atoms with Crippen LogP contribution in [-0.4, -0.2) is 14.3 Å². The van der Waals surface area contributed by atoms with Crippen molar-refractivity contribution in [3.8, 4) is 0 Å². The molecule has 0 aliphatic carbocycles. The number of hydrogen-bond donors (Lipinski definition) is 2. The van der Waals surface area contributed by atoms with Gasteiger partial charge in [0.25, 0.3) is 5.91 Å². The van der Waals surface area contributed by atoms with E-state index in [0.29, 0.717) is 4.88 Å². The molecule has 1 amide bonds. The Hall–Kier alpha value is -0.740. The summed E-state index contributed by atoms with van der Waals surface area (Å²) in [6.45, 7) is 0.267. The van der Waals surface area contributed by atoms with E-state index in [1.54, 1.807) is 12.1 Å². The van der Waals surface area contributed by atoms with E-state index in [2.05, 4.69) is 21.2 Å². The van der Waals surface area contributed by atoms with E-state index in [1.807, 2.05) is 5.38 Å². The second kappa shape index (κ2) is 5.71. The highest BCUT2D eigenvalue weighted by Crippen LogP contribution is 2.23. The maximum absolute atomic E-state index is 11.8. The summed E-state index contributed by atoms with van der Waals surface area (Å²) < 4.78 is 23.1. The van der Waals surface area contributed by atoms with Gasteiger partial charge in [-0.2, -0.15) is 0 Å². The SMILES string of the molecule is NS(=O)(=O)c1ccc(CNC(=O)c2sccc2Br)s1. The summed E-state index contributed by atoms with van der Waals surface area (Å²) in [5, 5.41) is 9.55. The number of hydrogen-bond acceptors (Lipinski definition) is 5. The molecular weight excluding hydrogens is 372 g/mol. The number of nitrogens with one attached hydrogen (secondary N) is 1. The van der Waals surface area contributed by atoms with Gasteiger partial charge >= 0.3 is 0 Å². The maximum atomic E-state index is 11.8. The third-order valence-electron chi connectivity index (χ3n) is 2.16. The molecule has 0 unspecified atom stereocenters. The van der Waals surface area contributed by atoms with Crippen molar-refractivity contribution in [1.29, 1.82) is 0 Å². The standard InChI is InChI=1S/C10H9BrN2O3S3/c11-7-3-4-17-9(7)10(14)13-5-6-1-2-8(18-6)19(12,15)16/h1-4H,5H2,(H,13,14)(H2,12,15,16). The van der Waals surface area contributed by atoms with Crippen molar-refractivity contribution in [3.63, 3.8) is 0 Å². The smallest absolute Gasteiger partial charge is 0.262 e. The molecule has 5 nitrogen and oxygen atoms in total. The summed E-state index contributed by atoms with van der Waals surface area (Å²) in [6, 6.07) is 4.86. The van der Waals surface area contributed by atoms with Crippen LogP contribution >= 0.6 is 38.6 Å². The first-order chi connectivity index (χ1) is 8.88. The fourth-order valence-electron chi connectivity index (χ4n) is 1.31. The van der Waals surface area contributed by atoms with E-state index in [-0.39, 0.29) is 16.7 Å². The fraction of sp³-hybridized carbons (Fsp3) is 0.100. The Morgan fingerprint density at radius 2 is 2.11 bits per heavy atom. The van der Waals surface area contributed by atoms with Gasteiger partial charge in [0.2, 0.25) is 10.0 Å². The van der Waals surface area contributed by atoms with Gasteiger partial charge in [-0.25, -0.2) is 13.6 Å². The molecule has 2 rings (SSSR count). The first kappa shape index (κ1) is 14.7. The summed E-state index contributed by atoms with van der Waals surface area (Å²) in [5.41, 5.74) is 0. The monoisotopic (exact) mass is 380 g/mol. The molecule has 0 saturated carbocycles. The quantitative estimate of drug-likeness (QED) is 0.851. The predicted molar refractivity (Wildman–Crippen MR) is 78.9 cm³/mol. The summed E-state index contributed by atoms with van der Waals surface area (Å²) >= 11 is 5.66. The van der Waals surface area contributed by atoms with Crippen molar-refractivity contribution in [2.24, 2.45) is 5.14 Å². The molecule has 0 saturated heterocycles. The third kappa shape index (κ3) is 3.63. The molecule has 0 aliphatic rings. The summed E-state index contributed by atoms with van der Waals surface area (Å²) in [4.78, 5) is 13.1. The number of rotatable bonds is 4. The lowest BCUT2D eigenvalue weighted by atomic mass is 10.4. The van der Waals surface area contributed by atoms with E-state index in [9.17, 15) is 13.2 Å². The molecule has 0 aromatic carbocycles. The second-order valence-corrected chi connectivity index (χ2v) is 8.27.